The Bertz CT molecular complexity index is 243. The number of rotatable bonds is 1. The Balaban J connectivity index is 2.87. The van der Waals surface area contributed by atoms with E-state index in [1.165, 1.54) is 12.2 Å². The van der Waals surface area contributed by atoms with Crippen molar-refractivity contribution < 1.29 is 9.90 Å². The van der Waals surface area contributed by atoms with Gasteiger partial charge >= 0.3 is 5.97 Å². The van der Waals surface area contributed by atoms with Gasteiger partial charge in [-0.15, -0.1) is 0 Å². The van der Waals surface area contributed by atoms with Gasteiger partial charge < -0.3 is 16.6 Å². The first-order valence-electron chi connectivity index (χ1n) is 3.26. The minimum Gasteiger partial charge on any atom is -0.478 e. The Morgan fingerprint density at radius 3 is 2.82 bits per heavy atom. The summed E-state index contributed by atoms with van der Waals surface area (Å²) in [5.74, 6) is -0.983. The molecule has 11 heavy (non-hydrogen) atoms. The fraction of sp³-hybridized carbons (Fsp3) is 0.286. The molecule has 5 N–H and O–H groups in total. The smallest absolute Gasteiger partial charge is 0.335 e. The van der Waals surface area contributed by atoms with Crippen LogP contribution in [0.5, 0.6) is 0 Å². The van der Waals surface area contributed by atoms with E-state index >= 15 is 0 Å². The normalized spacial score (nSPS) is 23.9. The first-order valence-corrected chi connectivity index (χ1v) is 3.26. The number of aliphatic carboxylic acids is 1. The van der Waals surface area contributed by atoms with E-state index in [0.29, 0.717) is 12.1 Å². The maximum absolute atomic E-state index is 10.4. The van der Waals surface area contributed by atoms with Crippen molar-refractivity contribution in [2.75, 3.05) is 0 Å². The molecule has 1 aliphatic rings. The van der Waals surface area contributed by atoms with Crippen molar-refractivity contribution in [3.05, 3.63) is 23.4 Å². The maximum atomic E-state index is 10.4. The van der Waals surface area contributed by atoms with Gasteiger partial charge in [0.15, 0.2) is 0 Å². The molecular weight excluding hydrogens is 144 g/mol. The molecule has 0 heterocycles. The van der Waals surface area contributed by atoms with E-state index in [1.54, 1.807) is 0 Å². The standard InChI is InChI=1S/C7H10N2O2/c8-5-1-4(7(10)11)2-6(9)3-5/h1-2,5H,3,8-9H2,(H,10,11). The number of hydrogen-bond acceptors (Lipinski definition) is 3. The number of carboxylic acid groups (broad SMARTS) is 1. The first kappa shape index (κ1) is 7.81. The Labute approximate surface area is 64.2 Å². The molecule has 0 saturated heterocycles. The molecule has 0 aromatic rings. The lowest BCUT2D eigenvalue weighted by Gasteiger charge is -2.13. The van der Waals surface area contributed by atoms with Crippen LogP contribution in [0.2, 0.25) is 0 Å². The second-order valence-corrected chi connectivity index (χ2v) is 2.51. The molecule has 0 saturated carbocycles. The molecule has 4 nitrogen and oxygen atoms in total. The van der Waals surface area contributed by atoms with Crippen molar-refractivity contribution in [2.45, 2.75) is 12.5 Å². The molecule has 4 heteroatoms. The Morgan fingerprint density at radius 2 is 2.36 bits per heavy atom. The Morgan fingerprint density at radius 1 is 1.73 bits per heavy atom. The summed E-state index contributed by atoms with van der Waals surface area (Å²) in [4.78, 5) is 10.4. The van der Waals surface area contributed by atoms with Gasteiger partial charge in [0.25, 0.3) is 0 Å². The molecule has 1 unspecified atom stereocenters. The second-order valence-electron chi connectivity index (χ2n) is 2.51. The third kappa shape index (κ3) is 1.81. The van der Waals surface area contributed by atoms with Crippen LogP contribution >= 0.6 is 0 Å². The van der Waals surface area contributed by atoms with Crippen LogP contribution in [0.3, 0.4) is 0 Å². The van der Waals surface area contributed by atoms with Gasteiger partial charge in [-0.25, -0.2) is 4.79 Å². The van der Waals surface area contributed by atoms with E-state index in [1.807, 2.05) is 0 Å². The third-order valence-electron chi connectivity index (χ3n) is 1.45. The van der Waals surface area contributed by atoms with Gasteiger partial charge in [-0.2, -0.15) is 0 Å². The van der Waals surface area contributed by atoms with E-state index in [9.17, 15) is 4.79 Å². The summed E-state index contributed by atoms with van der Waals surface area (Å²) < 4.78 is 0. The molecule has 0 fully saturated rings. The summed E-state index contributed by atoms with van der Waals surface area (Å²) in [7, 11) is 0. The second kappa shape index (κ2) is 2.75. The van der Waals surface area contributed by atoms with Crippen LogP contribution in [0.25, 0.3) is 0 Å². The van der Waals surface area contributed by atoms with Gasteiger partial charge in [-0.1, -0.05) is 6.08 Å². The highest BCUT2D eigenvalue weighted by molar-refractivity contribution is 5.90. The van der Waals surface area contributed by atoms with Crippen LogP contribution < -0.4 is 11.5 Å². The lowest BCUT2D eigenvalue weighted by atomic mass is 10.0. The van der Waals surface area contributed by atoms with Crippen LogP contribution in [0.1, 0.15) is 6.42 Å². The van der Waals surface area contributed by atoms with Crippen LogP contribution in [0, 0.1) is 0 Å². The lowest BCUT2D eigenvalue weighted by Crippen LogP contribution is -2.24. The molecule has 0 aromatic carbocycles. The highest BCUT2D eigenvalue weighted by atomic mass is 16.4. The van der Waals surface area contributed by atoms with Crippen molar-refractivity contribution in [1.82, 2.24) is 0 Å². The van der Waals surface area contributed by atoms with Gasteiger partial charge in [0.1, 0.15) is 0 Å². The zero-order valence-electron chi connectivity index (χ0n) is 5.95. The van der Waals surface area contributed by atoms with E-state index < -0.39 is 5.97 Å². The van der Waals surface area contributed by atoms with Gasteiger partial charge in [-0.05, 0) is 6.08 Å². The quantitative estimate of drug-likeness (QED) is 0.478. The molecule has 0 radical (unpaired) electrons. The zero-order valence-corrected chi connectivity index (χ0v) is 5.95. The summed E-state index contributed by atoms with van der Waals surface area (Å²) in [6.07, 6.45) is 3.47. The summed E-state index contributed by atoms with van der Waals surface area (Å²) in [5.41, 5.74) is 11.6. The minimum absolute atomic E-state index is 0.182. The summed E-state index contributed by atoms with van der Waals surface area (Å²) in [5, 5.41) is 8.55. The van der Waals surface area contributed by atoms with Crippen LogP contribution in [0.15, 0.2) is 23.4 Å². The third-order valence-corrected chi connectivity index (χ3v) is 1.45. The molecule has 0 bridgehead atoms. The highest BCUT2D eigenvalue weighted by Gasteiger charge is 2.13. The largest absolute Gasteiger partial charge is 0.478 e. The number of nitrogens with two attached hydrogens (primary N) is 2. The van der Waals surface area contributed by atoms with Crippen LogP contribution in [-0.2, 0) is 4.79 Å². The Kier molecular flexibility index (Phi) is 1.96. The average molecular weight is 154 g/mol. The molecule has 1 atom stereocenters. The van der Waals surface area contributed by atoms with Crippen molar-refractivity contribution >= 4 is 5.97 Å². The van der Waals surface area contributed by atoms with Gasteiger partial charge in [0.2, 0.25) is 0 Å². The zero-order chi connectivity index (χ0) is 8.43. The highest BCUT2D eigenvalue weighted by Crippen LogP contribution is 2.12. The fourth-order valence-electron chi connectivity index (χ4n) is 1.00. The SMILES string of the molecule is NC1=CC(C(=O)O)=CC(N)C1. The van der Waals surface area contributed by atoms with Crippen molar-refractivity contribution in [3.8, 4) is 0 Å². The predicted molar refractivity (Wildman–Crippen MR) is 40.6 cm³/mol. The van der Waals surface area contributed by atoms with Crippen molar-refractivity contribution in [3.63, 3.8) is 0 Å². The maximum Gasteiger partial charge on any atom is 0.335 e. The Hall–Kier alpha value is -1.29. The number of carbonyl (C=O) groups is 1. The predicted octanol–water partition coefficient (Wildman–Crippen LogP) is -0.429. The van der Waals surface area contributed by atoms with Crippen LogP contribution in [0.4, 0.5) is 0 Å². The molecular formula is C7H10N2O2. The molecule has 1 rings (SSSR count). The number of hydrogen-bond donors (Lipinski definition) is 3. The molecule has 60 valence electrons. The topological polar surface area (TPSA) is 89.3 Å². The fourth-order valence-corrected chi connectivity index (χ4v) is 1.00. The van der Waals surface area contributed by atoms with E-state index in [2.05, 4.69) is 0 Å². The monoisotopic (exact) mass is 154 g/mol. The van der Waals surface area contributed by atoms with E-state index in [-0.39, 0.29) is 11.6 Å². The minimum atomic E-state index is -0.983. The van der Waals surface area contributed by atoms with Gasteiger partial charge in [-0.3, -0.25) is 0 Å². The van der Waals surface area contributed by atoms with Crippen molar-refractivity contribution in [1.29, 1.82) is 0 Å². The van der Waals surface area contributed by atoms with Crippen LogP contribution in [-0.4, -0.2) is 17.1 Å². The molecule has 1 aliphatic carbocycles. The van der Waals surface area contributed by atoms with E-state index in [0.717, 1.165) is 0 Å². The average Bonchev–Trinajstić information content (AvgIpc) is 1.85. The summed E-state index contributed by atoms with van der Waals surface area (Å²) >= 11 is 0. The van der Waals surface area contributed by atoms with Gasteiger partial charge in [0, 0.05) is 18.2 Å². The van der Waals surface area contributed by atoms with Gasteiger partial charge in [0.05, 0.1) is 5.57 Å². The summed E-state index contributed by atoms with van der Waals surface area (Å²) in [6.45, 7) is 0. The molecule has 0 aromatic heterocycles. The molecule has 0 aliphatic heterocycles. The first-order chi connectivity index (χ1) is 5.09. The number of carboxylic acids is 1. The van der Waals surface area contributed by atoms with Crippen molar-refractivity contribution in [2.24, 2.45) is 11.5 Å². The summed E-state index contributed by atoms with van der Waals surface area (Å²) in [6, 6.07) is -0.258. The molecule has 0 spiro atoms. The molecule has 0 amide bonds. The van der Waals surface area contributed by atoms with E-state index in [4.69, 9.17) is 16.6 Å². The lowest BCUT2D eigenvalue weighted by molar-refractivity contribution is -0.132.